The fraction of sp³-hybridized carbons (Fsp3) is 0.379. The second-order valence-corrected chi connectivity index (χ2v) is 9.76. The van der Waals surface area contributed by atoms with E-state index in [-0.39, 0.29) is 6.10 Å². The molecule has 2 aromatic carbocycles. The number of morpholine rings is 1. The molecule has 1 aliphatic rings. The zero-order valence-corrected chi connectivity index (χ0v) is 22.2. The maximum atomic E-state index is 6.24. The Kier molecular flexibility index (Phi) is 7.30. The first-order chi connectivity index (χ1) is 17.9. The summed E-state index contributed by atoms with van der Waals surface area (Å²) in [7, 11) is 5.35. The van der Waals surface area contributed by atoms with Gasteiger partial charge in [-0.2, -0.15) is 0 Å². The Balaban J connectivity index is 1.55. The fourth-order valence-electron chi connectivity index (χ4n) is 4.80. The minimum Gasteiger partial charge on any atom is -0.497 e. The Morgan fingerprint density at radius 3 is 2.49 bits per heavy atom. The first-order valence-electron chi connectivity index (χ1n) is 12.7. The Morgan fingerprint density at radius 2 is 1.81 bits per heavy atom. The van der Waals surface area contributed by atoms with Gasteiger partial charge in [-0.3, -0.25) is 9.88 Å². The van der Waals surface area contributed by atoms with Crippen LogP contribution in [0.5, 0.6) is 11.5 Å². The van der Waals surface area contributed by atoms with Gasteiger partial charge in [-0.15, -0.1) is 0 Å². The van der Waals surface area contributed by atoms with Crippen molar-refractivity contribution in [2.24, 2.45) is 7.05 Å². The maximum absolute atomic E-state index is 6.24. The largest absolute Gasteiger partial charge is 0.497 e. The lowest BCUT2D eigenvalue weighted by atomic mass is 10.1. The molecule has 0 aliphatic carbocycles. The van der Waals surface area contributed by atoms with Crippen LogP contribution in [0.1, 0.15) is 13.8 Å². The van der Waals surface area contributed by atoms with E-state index in [4.69, 9.17) is 19.2 Å². The van der Waals surface area contributed by atoms with E-state index in [1.165, 1.54) is 0 Å². The molecule has 0 N–H and O–H groups in total. The van der Waals surface area contributed by atoms with Gasteiger partial charge in [0.25, 0.3) is 0 Å². The molecular formula is C29H35N5O3. The smallest absolute Gasteiger partial charge is 0.124 e. The van der Waals surface area contributed by atoms with Crippen molar-refractivity contribution in [3.8, 4) is 22.8 Å². The number of ether oxygens (including phenoxy) is 3. The fourth-order valence-corrected chi connectivity index (χ4v) is 4.80. The Morgan fingerprint density at radius 1 is 1.03 bits per heavy atom. The summed E-state index contributed by atoms with van der Waals surface area (Å²) < 4.78 is 19.4. The highest BCUT2D eigenvalue weighted by atomic mass is 16.5. The van der Waals surface area contributed by atoms with Crippen molar-refractivity contribution in [1.82, 2.24) is 19.4 Å². The summed E-state index contributed by atoms with van der Waals surface area (Å²) in [6.07, 6.45) is 5.94. The minimum atomic E-state index is 0.0470. The predicted octanol–water partition coefficient (Wildman–Crippen LogP) is 4.90. The number of hydrogen-bond acceptors (Lipinski definition) is 7. The summed E-state index contributed by atoms with van der Waals surface area (Å²) in [5.41, 5.74) is 5.56. The Hall–Kier alpha value is -3.62. The van der Waals surface area contributed by atoms with Crippen molar-refractivity contribution >= 4 is 22.4 Å². The number of aryl methyl sites for hydroxylation is 1. The van der Waals surface area contributed by atoms with Crippen molar-refractivity contribution in [2.75, 3.05) is 45.4 Å². The predicted molar refractivity (Wildman–Crippen MR) is 147 cm³/mol. The zero-order chi connectivity index (χ0) is 25.9. The van der Waals surface area contributed by atoms with Gasteiger partial charge in [-0.25, -0.2) is 4.98 Å². The zero-order valence-electron chi connectivity index (χ0n) is 22.2. The number of methoxy groups -OCH3 is 2. The maximum Gasteiger partial charge on any atom is 0.124 e. The van der Waals surface area contributed by atoms with E-state index >= 15 is 0 Å². The monoisotopic (exact) mass is 501 g/mol. The lowest BCUT2D eigenvalue weighted by Crippen LogP contribution is -2.49. The van der Waals surface area contributed by atoms with Gasteiger partial charge >= 0.3 is 0 Å². The lowest BCUT2D eigenvalue weighted by molar-refractivity contribution is -0.0333. The van der Waals surface area contributed by atoms with Crippen molar-refractivity contribution in [3.63, 3.8) is 0 Å². The first-order valence-corrected chi connectivity index (χ1v) is 12.7. The summed E-state index contributed by atoms with van der Waals surface area (Å²) >= 11 is 0. The number of benzene rings is 2. The molecule has 0 spiro atoms. The Bertz CT molecular complexity index is 1350. The summed E-state index contributed by atoms with van der Waals surface area (Å²) in [4.78, 5) is 14.4. The molecule has 0 bridgehead atoms. The van der Waals surface area contributed by atoms with Gasteiger partial charge in [0.1, 0.15) is 11.5 Å². The quantitative estimate of drug-likeness (QED) is 0.340. The van der Waals surface area contributed by atoms with Crippen molar-refractivity contribution in [2.45, 2.75) is 26.0 Å². The van der Waals surface area contributed by atoms with Crippen LogP contribution in [0.3, 0.4) is 0 Å². The molecule has 1 fully saturated rings. The molecule has 0 radical (unpaired) electrons. The summed E-state index contributed by atoms with van der Waals surface area (Å²) in [5, 5.41) is 0. The van der Waals surface area contributed by atoms with E-state index in [1.807, 2.05) is 48.3 Å². The van der Waals surface area contributed by atoms with E-state index in [1.54, 1.807) is 14.2 Å². The molecule has 1 atom stereocenters. The van der Waals surface area contributed by atoms with Crippen LogP contribution in [0.2, 0.25) is 0 Å². The SMILES string of the molecule is COc1cc(OC)cc(N(CC2CN(C(C)C)CCO2)c2ccc3ncc(-c4ccn(C)c4)nc3c2)c1. The van der Waals surface area contributed by atoms with Gasteiger partial charge in [-0.1, -0.05) is 0 Å². The van der Waals surface area contributed by atoms with Crippen LogP contribution in [0, 0.1) is 0 Å². The molecule has 0 saturated carbocycles. The molecule has 1 aliphatic heterocycles. The third-order valence-electron chi connectivity index (χ3n) is 6.90. The van der Waals surface area contributed by atoms with E-state index in [2.05, 4.69) is 53.0 Å². The van der Waals surface area contributed by atoms with Crippen LogP contribution in [0.4, 0.5) is 11.4 Å². The molecular weight excluding hydrogens is 466 g/mol. The Labute approximate surface area is 218 Å². The van der Waals surface area contributed by atoms with Crippen molar-refractivity contribution in [1.29, 1.82) is 0 Å². The molecule has 1 unspecified atom stereocenters. The van der Waals surface area contributed by atoms with Gasteiger partial charge < -0.3 is 23.7 Å². The van der Waals surface area contributed by atoms with Crippen molar-refractivity contribution in [3.05, 3.63) is 61.1 Å². The van der Waals surface area contributed by atoms with Crippen LogP contribution < -0.4 is 14.4 Å². The van der Waals surface area contributed by atoms with Crippen LogP contribution in [-0.2, 0) is 11.8 Å². The number of nitrogens with zero attached hydrogens (tertiary/aromatic N) is 5. The number of hydrogen-bond donors (Lipinski definition) is 0. The number of anilines is 2. The average molecular weight is 502 g/mol. The second kappa shape index (κ2) is 10.8. The van der Waals surface area contributed by atoms with Crippen LogP contribution in [0.15, 0.2) is 61.1 Å². The summed E-state index contributed by atoms with van der Waals surface area (Å²) in [6, 6.07) is 14.7. The lowest BCUT2D eigenvalue weighted by Gasteiger charge is -2.38. The third kappa shape index (κ3) is 5.55. The van der Waals surface area contributed by atoms with E-state index in [9.17, 15) is 0 Å². The van der Waals surface area contributed by atoms with Crippen LogP contribution in [-0.4, -0.2) is 72.0 Å². The number of rotatable bonds is 8. The molecule has 5 rings (SSSR count). The molecule has 0 amide bonds. The topological polar surface area (TPSA) is 64.9 Å². The van der Waals surface area contributed by atoms with E-state index < -0.39 is 0 Å². The van der Waals surface area contributed by atoms with Gasteiger partial charge in [0, 0.05) is 73.7 Å². The molecule has 4 aromatic rings. The summed E-state index contributed by atoms with van der Waals surface area (Å²) in [5.74, 6) is 1.47. The normalized spacial score (nSPS) is 16.3. The summed E-state index contributed by atoms with van der Waals surface area (Å²) in [6.45, 7) is 7.70. The average Bonchev–Trinajstić information content (AvgIpc) is 3.37. The van der Waals surface area contributed by atoms with Gasteiger partial charge in [0.15, 0.2) is 0 Å². The first kappa shape index (κ1) is 25.0. The van der Waals surface area contributed by atoms with Crippen molar-refractivity contribution < 1.29 is 14.2 Å². The molecule has 37 heavy (non-hydrogen) atoms. The molecule has 8 nitrogen and oxygen atoms in total. The molecule has 8 heteroatoms. The second-order valence-electron chi connectivity index (χ2n) is 9.76. The number of aromatic nitrogens is 3. The molecule has 1 saturated heterocycles. The highest BCUT2D eigenvalue weighted by molar-refractivity contribution is 5.82. The molecule has 194 valence electrons. The molecule has 3 heterocycles. The molecule has 2 aromatic heterocycles. The minimum absolute atomic E-state index is 0.0470. The number of fused-ring (bicyclic) bond motifs is 1. The van der Waals surface area contributed by atoms with E-state index in [0.717, 1.165) is 64.9 Å². The third-order valence-corrected chi connectivity index (χ3v) is 6.90. The highest BCUT2D eigenvalue weighted by Crippen LogP contribution is 2.35. The van der Waals surface area contributed by atoms with Crippen LogP contribution >= 0.6 is 0 Å². The van der Waals surface area contributed by atoms with Gasteiger partial charge in [0.2, 0.25) is 0 Å². The van der Waals surface area contributed by atoms with Gasteiger partial charge in [0.05, 0.1) is 56.4 Å². The standard InChI is InChI=1S/C29H35N5O3/c1-20(2)33-10-11-37-26(18-33)19-34(23-12-24(35-4)15-25(13-23)36-5)22-6-7-27-28(14-22)31-29(16-30-27)21-8-9-32(3)17-21/h6-9,12-17,20,26H,10-11,18-19H2,1-5H3. The highest BCUT2D eigenvalue weighted by Gasteiger charge is 2.26. The van der Waals surface area contributed by atoms with Gasteiger partial charge in [-0.05, 0) is 38.1 Å². The van der Waals surface area contributed by atoms with E-state index in [0.29, 0.717) is 12.6 Å². The van der Waals surface area contributed by atoms with Crippen LogP contribution in [0.25, 0.3) is 22.3 Å².